The Morgan fingerprint density at radius 3 is 2.59 bits per heavy atom. The van der Waals surface area contributed by atoms with Crippen molar-refractivity contribution < 1.29 is 9.59 Å². The number of piperidine rings is 1. The molecule has 0 spiro atoms. The lowest BCUT2D eigenvalue weighted by Crippen LogP contribution is -2.42. The van der Waals surface area contributed by atoms with Gasteiger partial charge in [-0.15, -0.1) is 0 Å². The Hall–Kier alpha value is -4.07. The summed E-state index contributed by atoms with van der Waals surface area (Å²) in [6.07, 6.45) is 3.40. The minimum Gasteiger partial charge on any atom is -0.380 e. The van der Waals surface area contributed by atoms with Crippen molar-refractivity contribution in [1.82, 2.24) is 10.3 Å². The van der Waals surface area contributed by atoms with Crippen LogP contribution in [0.1, 0.15) is 28.8 Å². The number of anilines is 4. The fourth-order valence-electron chi connectivity index (χ4n) is 4.19. The normalized spacial score (nSPS) is 15.4. The Kier molecular flexibility index (Phi) is 7.27. The molecule has 1 fully saturated rings. The molecule has 0 aliphatic carbocycles. The summed E-state index contributed by atoms with van der Waals surface area (Å²) in [6, 6.07) is 19.8. The molecule has 5 N–H and O–H groups in total. The summed E-state index contributed by atoms with van der Waals surface area (Å²) in [5, 5.41) is 9.34. The van der Waals surface area contributed by atoms with Gasteiger partial charge in [-0.25, -0.2) is 4.98 Å². The summed E-state index contributed by atoms with van der Waals surface area (Å²) in [5.74, 6) is 0.193. The monoisotopic (exact) mass is 458 g/mol. The number of hydrogen-bond donors (Lipinski definition) is 4. The maximum atomic E-state index is 12.0. The molecular formula is C26H30N6O2. The molecular weight excluding hydrogens is 428 g/mol. The van der Waals surface area contributed by atoms with Gasteiger partial charge in [0.05, 0.1) is 17.2 Å². The van der Waals surface area contributed by atoms with E-state index in [1.807, 2.05) is 54.6 Å². The molecule has 1 unspecified atom stereocenters. The molecule has 0 saturated carbocycles. The Morgan fingerprint density at radius 1 is 1.12 bits per heavy atom. The second kappa shape index (κ2) is 10.7. The van der Waals surface area contributed by atoms with Gasteiger partial charge in [0.15, 0.2) is 0 Å². The quantitative estimate of drug-likeness (QED) is 0.411. The Bertz CT molecular complexity index is 1130. The minimum absolute atomic E-state index is 0.0197. The maximum Gasteiger partial charge on any atom is 0.252 e. The van der Waals surface area contributed by atoms with Gasteiger partial charge in [0.25, 0.3) is 5.91 Å². The largest absolute Gasteiger partial charge is 0.380 e. The lowest BCUT2D eigenvalue weighted by Gasteiger charge is -2.33. The van der Waals surface area contributed by atoms with Crippen LogP contribution >= 0.6 is 0 Å². The number of carbonyl (C=O) groups excluding carboxylic acids is 2. The van der Waals surface area contributed by atoms with E-state index in [0.29, 0.717) is 23.6 Å². The molecule has 1 aliphatic rings. The summed E-state index contributed by atoms with van der Waals surface area (Å²) in [7, 11) is 1.69. The van der Waals surface area contributed by atoms with Crippen LogP contribution in [0, 0.1) is 5.92 Å². The van der Waals surface area contributed by atoms with Crippen molar-refractivity contribution in [2.75, 3.05) is 35.7 Å². The van der Waals surface area contributed by atoms with Crippen LogP contribution in [0.3, 0.4) is 0 Å². The van der Waals surface area contributed by atoms with Crippen LogP contribution < -0.4 is 26.6 Å². The number of primary amides is 1. The zero-order valence-corrected chi connectivity index (χ0v) is 19.3. The van der Waals surface area contributed by atoms with Crippen LogP contribution in [0.5, 0.6) is 0 Å². The zero-order valence-electron chi connectivity index (χ0n) is 19.3. The molecule has 2 heterocycles. The van der Waals surface area contributed by atoms with Gasteiger partial charge in [-0.2, -0.15) is 0 Å². The minimum atomic E-state index is -0.532. The van der Waals surface area contributed by atoms with Crippen molar-refractivity contribution in [3.8, 4) is 0 Å². The zero-order chi connectivity index (χ0) is 23.9. The van der Waals surface area contributed by atoms with Gasteiger partial charge in [-0.3, -0.25) is 9.59 Å². The van der Waals surface area contributed by atoms with E-state index in [4.69, 9.17) is 5.73 Å². The second-order valence-corrected chi connectivity index (χ2v) is 8.39. The van der Waals surface area contributed by atoms with Gasteiger partial charge < -0.3 is 26.6 Å². The number of nitrogens with two attached hydrogens (primary N) is 1. The fourth-order valence-corrected chi connectivity index (χ4v) is 4.19. The first-order valence-electron chi connectivity index (χ1n) is 11.4. The molecule has 4 rings (SSSR count). The van der Waals surface area contributed by atoms with E-state index in [0.717, 1.165) is 42.9 Å². The number of nitrogens with one attached hydrogen (secondary N) is 3. The lowest BCUT2D eigenvalue weighted by molar-refractivity contribution is -0.124. The Labute approximate surface area is 199 Å². The van der Waals surface area contributed by atoms with Gasteiger partial charge in [0, 0.05) is 50.3 Å². The number of amides is 2. The molecule has 1 atom stereocenters. The standard InChI is InChI=1S/C26H30N6O2/c1-28-26(34)19-8-5-13-32(17-19)21-11-9-20(10-12-21)31-24-14-23(22(16-30-24)25(27)33)29-15-18-6-3-2-4-7-18/h2-4,6-7,9-12,14,16,19H,5,8,13,15,17H2,1H3,(H2,27,33)(H,28,34)(H2,29,30,31). The molecule has 176 valence electrons. The Morgan fingerprint density at radius 2 is 1.88 bits per heavy atom. The van der Waals surface area contributed by atoms with Gasteiger partial charge in [-0.1, -0.05) is 30.3 Å². The third kappa shape index (κ3) is 5.64. The molecule has 8 nitrogen and oxygen atoms in total. The van der Waals surface area contributed by atoms with Crippen molar-refractivity contribution in [2.45, 2.75) is 19.4 Å². The number of hydrogen-bond acceptors (Lipinski definition) is 6. The van der Waals surface area contributed by atoms with Crippen molar-refractivity contribution in [1.29, 1.82) is 0 Å². The summed E-state index contributed by atoms with van der Waals surface area (Å²) < 4.78 is 0. The maximum absolute atomic E-state index is 12.0. The summed E-state index contributed by atoms with van der Waals surface area (Å²) in [6.45, 7) is 2.22. The third-order valence-corrected chi connectivity index (χ3v) is 6.04. The van der Waals surface area contributed by atoms with Crippen LogP contribution in [0.25, 0.3) is 0 Å². The van der Waals surface area contributed by atoms with Crippen molar-refractivity contribution >= 4 is 34.7 Å². The van der Waals surface area contributed by atoms with Crippen molar-refractivity contribution in [3.63, 3.8) is 0 Å². The van der Waals surface area contributed by atoms with E-state index in [9.17, 15) is 9.59 Å². The summed E-state index contributed by atoms with van der Waals surface area (Å²) >= 11 is 0. The Balaban J connectivity index is 1.44. The van der Waals surface area contributed by atoms with Gasteiger partial charge >= 0.3 is 0 Å². The predicted octanol–water partition coefficient (Wildman–Crippen LogP) is 3.50. The highest BCUT2D eigenvalue weighted by molar-refractivity contribution is 5.98. The number of nitrogens with zero attached hydrogens (tertiary/aromatic N) is 2. The topological polar surface area (TPSA) is 112 Å². The molecule has 0 bridgehead atoms. The number of benzene rings is 2. The van der Waals surface area contributed by atoms with Gasteiger partial charge in [-0.05, 0) is 42.7 Å². The summed E-state index contributed by atoms with van der Waals surface area (Å²) in [5.41, 5.74) is 9.56. The molecule has 0 radical (unpaired) electrons. The molecule has 1 aliphatic heterocycles. The first-order chi connectivity index (χ1) is 16.5. The second-order valence-electron chi connectivity index (χ2n) is 8.39. The number of rotatable bonds is 8. The summed E-state index contributed by atoms with van der Waals surface area (Å²) in [4.78, 5) is 30.5. The molecule has 1 aromatic heterocycles. The molecule has 2 aromatic carbocycles. The van der Waals surface area contributed by atoms with Gasteiger partial charge in [0.1, 0.15) is 5.82 Å². The number of carbonyl (C=O) groups is 2. The van der Waals surface area contributed by atoms with Crippen LogP contribution in [-0.2, 0) is 11.3 Å². The molecule has 8 heteroatoms. The van der Waals surface area contributed by atoms with E-state index in [2.05, 4.69) is 25.8 Å². The molecule has 34 heavy (non-hydrogen) atoms. The fraction of sp³-hybridized carbons (Fsp3) is 0.269. The van der Waals surface area contributed by atoms with Crippen LogP contribution in [-0.4, -0.2) is 36.9 Å². The smallest absolute Gasteiger partial charge is 0.252 e. The number of pyridine rings is 1. The average molecular weight is 459 g/mol. The highest BCUT2D eigenvalue weighted by Gasteiger charge is 2.25. The highest BCUT2D eigenvalue weighted by atomic mass is 16.2. The van der Waals surface area contributed by atoms with Gasteiger partial charge in [0.2, 0.25) is 5.91 Å². The first-order valence-corrected chi connectivity index (χ1v) is 11.4. The molecule has 2 amide bonds. The number of aromatic nitrogens is 1. The van der Waals surface area contributed by atoms with Crippen molar-refractivity contribution in [2.24, 2.45) is 11.7 Å². The van der Waals surface area contributed by atoms with Crippen LogP contribution in [0.2, 0.25) is 0 Å². The van der Waals surface area contributed by atoms with E-state index >= 15 is 0 Å². The van der Waals surface area contributed by atoms with Crippen molar-refractivity contribution in [3.05, 3.63) is 78.0 Å². The SMILES string of the molecule is CNC(=O)C1CCCN(c2ccc(Nc3cc(NCc4ccccc4)c(C(N)=O)cn3)cc2)C1. The molecule has 1 saturated heterocycles. The first kappa shape index (κ1) is 23.1. The highest BCUT2D eigenvalue weighted by Crippen LogP contribution is 2.27. The average Bonchev–Trinajstić information content (AvgIpc) is 2.88. The van der Waals surface area contributed by atoms with E-state index < -0.39 is 5.91 Å². The van der Waals surface area contributed by atoms with Crippen LogP contribution in [0.4, 0.5) is 22.9 Å². The van der Waals surface area contributed by atoms with E-state index in [1.165, 1.54) is 6.20 Å². The van der Waals surface area contributed by atoms with E-state index in [1.54, 1.807) is 13.1 Å². The van der Waals surface area contributed by atoms with Crippen LogP contribution in [0.15, 0.2) is 66.9 Å². The molecule has 3 aromatic rings. The van der Waals surface area contributed by atoms with E-state index in [-0.39, 0.29) is 11.8 Å². The lowest BCUT2D eigenvalue weighted by atomic mass is 9.96. The third-order valence-electron chi connectivity index (χ3n) is 6.04. The predicted molar refractivity (Wildman–Crippen MR) is 135 cm³/mol.